The van der Waals surface area contributed by atoms with E-state index in [2.05, 4.69) is 11.2 Å². The lowest BCUT2D eigenvalue weighted by Crippen LogP contribution is -2.40. The van der Waals surface area contributed by atoms with Gasteiger partial charge < -0.3 is 16.2 Å². The SMILES string of the molecule is C#CCC(NC(=O)c1ccc(N)cc1)C(=O)O. The van der Waals surface area contributed by atoms with Crippen LogP contribution in [0.3, 0.4) is 0 Å². The summed E-state index contributed by atoms with van der Waals surface area (Å²) >= 11 is 0. The third-order valence-electron chi connectivity index (χ3n) is 2.10. The van der Waals surface area contributed by atoms with Gasteiger partial charge in [0, 0.05) is 17.7 Å². The van der Waals surface area contributed by atoms with Gasteiger partial charge in [-0.05, 0) is 24.3 Å². The number of hydrogen-bond donors (Lipinski definition) is 3. The molecule has 0 bridgehead atoms. The summed E-state index contributed by atoms with van der Waals surface area (Å²) < 4.78 is 0. The zero-order valence-corrected chi connectivity index (χ0v) is 9.01. The number of carbonyl (C=O) groups is 2. The van der Waals surface area contributed by atoms with Gasteiger partial charge in [-0.25, -0.2) is 4.79 Å². The monoisotopic (exact) mass is 232 g/mol. The van der Waals surface area contributed by atoms with Crippen molar-refractivity contribution in [1.29, 1.82) is 0 Å². The molecule has 17 heavy (non-hydrogen) atoms. The van der Waals surface area contributed by atoms with Gasteiger partial charge in [-0.3, -0.25) is 4.79 Å². The van der Waals surface area contributed by atoms with Crippen LogP contribution in [-0.2, 0) is 4.79 Å². The van der Waals surface area contributed by atoms with Crippen LogP contribution in [0, 0.1) is 12.3 Å². The minimum atomic E-state index is -1.16. The third kappa shape index (κ3) is 3.54. The lowest BCUT2D eigenvalue weighted by molar-refractivity contribution is -0.139. The minimum Gasteiger partial charge on any atom is -0.480 e. The van der Waals surface area contributed by atoms with Crippen molar-refractivity contribution >= 4 is 17.6 Å². The summed E-state index contributed by atoms with van der Waals surface area (Å²) in [6, 6.07) is 5.07. The molecule has 5 nitrogen and oxygen atoms in total. The lowest BCUT2D eigenvalue weighted by atomic mass is 10.1. The van der Waals surface area contributed by atoms with Gasteiger partial charge in [0.1, 0.15) is 6.04 Å². The zero-order valence-electron chi connectivity index (χ0n) is 9.01. The predicted molar refractivity (Wildman–Crippen MR) is 63.2 cm³/mol. The summed E-state index contributed by atoms with van der Waals surface area (Å²) in [6.45, 7) is 0. The second-order valence-electron chi connectivity index (χ2n) is 3.39. The Hall–Kier alpha value is -2.48. The molecule has 0 spiro atoms. The Kier molecular flexibility index (Phi) is 4.12. The fourth-order valence-electron chi connectivity index (χ4n) is 1.19. The molecule has 88 valence electrons. The first-order valence-corrected chi connectivity index (χ1v) is 4.87. The maximum absolute atomic E-state index is 11.7. The van der Waals surface area contributed by atoms with E-state index in [4.69, 9.17) is 17.3 Å². The van der Waals surface area contributed by atoms with Gasteiger partial charge in [0.2, 0.25) is 0 Å². The van der Waals surface area contributed by atoms with Gasteiger partial charge in [0.05, 0.1) is 0 Å². The number of carboxylic acids is 1. The summed E-state index contributed by atoms with van der Waals surface area (Å²) in [5.74, 6) is 0.546. The van der Waals surface area contributed by atoms with Crippen molar-refractivity contribution in [3.63, 3.8) is 0 Å². The van der Waals surface area contributed by atoms with Gasteiger partial charge in [0.15, 0.2) is 0 Å². The van der Waals surface area contributed by atoms with E-state index in [1.807, 2.05) is 0 Å². The van der Waals surface area contributed by atoms with E-state index in [-0.39, 0.29) is 6.42 Å². The van der Waals surface area contributed by atoms with Gasteiger partial charge in [0.25, 0.3) is 5.91 Å². The fourth-order valence-corrected chi connectivity index (χ4v) is 1.19. The Morgan fingerprint density at radius 3 is 2.47 bits per heavy atom. The molecule has 0 saturated heterocycles. The number of nitrogen functional groups attached to an aromatic ring is 1. The summed E-state index contributed by atoms with van der Waals surface area (Å²) in [7, 11) is 0. The van der Waals surface area contributed by atoms with Crippen molar-refractivity contribution in [2.24, 2.45) is 0 Å². The summed E-state index contributed by atoms with van der Waals surface area (Å²) in [6.07, 6.45) is 4.96. The van der Waals surface area contributed by atoms with Crippen LogP contribution in [0.2, 0.25) is 0 Å². The molecule has 0 fully saturated rings. The Morgan fingerprint density at radius 2 is 2.00 bits per heavy atom. The molecule has 0 aliphatic rings. The van der Waals surface area contributed by atoms with Crippen LogP contribution in [0.25, 0.3) is 0 Å². The average Bonchev–Trinajstić information content (AvgIpc) is 2.29. The molecule has 0 radical (unpaired) electrons. The summed E-state index contributed by atoms with van der Waals surface area (Å²) in [5, 5.41) is 11.1. The Labute approximate surface area is 98.6 Å². The van der Waals surface area contributed by atoms with Crippen LogP contribution >= 0.6 is 0 Å². The van der Waals surface area contributed by atoms with Crippen LogP contribution in [0.5, 0.6) is 0 Å². The number of hydrogen-bond acceptors (Lipinski definition) is 3. The number of nitrogens with one attached hydrogen (secondary N) is 1. The van der Waals surface area contributed by atoms with Crippen molar-refractivity contribution in [3.05, 3.63) is 29.8 Å². The van der Waals surface area contributed by atoms with Gasteiger partial charge in [-0.1, -0.05) is 0 Å². The molecule has 0 aliphatic heterocycles. The number of amides is 1. The number of benzene rings is 1. The van der Waals surface area contributed by atoms with E-state index in [1.54, 1.807) is 12.1 Å². The molecule has 1 atom stereocenters. The summed E-state index contributed by atoms with van der Waals surface area (Å²) in [4.78, 5) is 22.4. The van der Waals surface area contributed by atoms with Crippen molar-refractivity contribution < 1.29 is 14.7 Å². The molecule has 1 rings (SSSR count). The highest BCUT2D eigenvalue weighted by Crippen LogP contribution is 2.06. The number of carboxylic acid groups (broad SMARTS) is 1. The molecule has 4 N–H and O–H groups in total. The van der Waals surface area contributed by atoms with E-state index in [0.717, 1.165) is 0 Å². The van der Waals surface area contributed by atoms with Crippen molar-refractivity contribution in [2.75, 3.05) is 5.73 Å². The second-order valence-corrected chi connectivity index (χ2v) is 3.39. The van der Waals surface area contributed by atoms with E-state index in [9.17, 15) is 9.59 Å². The zero-order chi connectivity index (χ0) is 12.8. The molecular formula is C12H12N2O3. The maximum atomic E-state index is 11.7. The molecule has 0 saturated carbocycles. The predicted octanol–water partition coefficient (Wildman–Crippen LogP) is 0.475. The maximum Gasteiger partial charge on any atom is 0.327 e. The van der Waals surface area contributed by atoms with Crippen LogP contribution in [0.1, 0.15) is 16.8 Å². The van der Waals surface area contributed by atoms with Crippen molar-refractivity contribution in [3.8, 4) is 12.3 Å². The van der Waals surface area contributed by atoms with Gasteiger partial charge in [-0.15, -0.1) is 12.3 Å². The molecule has 0 aliphatic carbocycles. The number of aliphatic carboxylic acids is 1. The largest absolute Gasteiger partial charge is 0.480 e. The van der Waals surface area contributed by atoms with E-state index >= 15 is 0 Å². The topological polar surface area (TPSA) is 92.4 Å². The molecular weight excluding hydrogens is 220 g/mol. The third-order valence-corrected chi connectivity index (χ3v) is 2.10. The van der Waals surface area contributed by atoms with E-state index < -0.39 is 17.9 Å². The van der Waals surface area contributed by atoms with E-state index in [1.165, 1.54) is 12.1 Å². The summed E-state index contributed by atoms with van der Waals surface area (Å²) in [5.41, 5.74) is 6.34. The second kappa shape index (κ2) is 5.56. The van der Waals surface area contributed by atoms with Crippen molar-refractivity contribution in [2.45, 2.75) is 12.5 Å². The highest BCUT2D eigenvalue weighted by molar-refractivity contribution is 5.96. The minimum absolute atomic E-state index is 0.0595. The first kappa shape index (κ1) is 12.6. The number of carbonyl (C=O) groups excluding carboxylic acids is 1. The first-order chi connectivity index (χ1) is 8.04. The number of terminal acetylenes is 1. The molecule has 1 aromatic carbocycles. The average molecular weight is 232 g/mol. The Balaban J connectivity index is 2.74. The van der Waals surface area contributed by atoms with Gasteiger partial charge in [-0.2, -0.15) is 0 Å². The first-order valence-electron chi connectivity index (χ1n) is 4.87. The Bertz CT molecular complexity index is 460. The molecule has 1 aromatic rings. The number of rotatable bonds is 4. The lowest BCUT2D eigenvalue weighted by Gasteiger charge is -2.11. The van der Waals surface area contributed by atoms with E-state index in [0.29, 0.717) is 11.3 Å². The fraction of sp³-hybridized carbons (Fsp3) is 0.167. The van der Waals surface area contributed by atoms with Crippen LogP contribution < -0.4 is 11.1 Å². The smallest absolute Gasteiger partial charge is 0.327 e. The molecule has 0 heterocycles. The van der Waals surface area contributed by atoms with Gasteiger partial charge >= 0.3 is 5.97 Å². The van der Waals surface area contributed by atoms with Crippen LogP contribution in [0.4, 0.5) is 5.69 Å². The molecule has 5 heteroatoms. The standard InChI is InChI=1S/C12H12N2O3/c1-2-3-10(12(16)17)14-11(15)8-4-6-9(13)7-5-8/h1,4-7,10H,3,13H2,(H,14,15)(H,16,17). The molecule has 0 aromatic heterocycles. The highest BCUT2D eigenvalue weighted by atomic mass is 16.4. The normalized spacial score (nSPS) is 11.2. The highest BCUT2D eigenvalue weighted by Gasteiger charge is 2.19. The van der Waals surface area contributed by atoms with Crippen molar-refractivity contribution in [1.82, 2.24) is 5.32 Å². The van der Waals surface area contributed by atoms with Crippen LogP contribution in [0.15, 0.2) is 24.3 Å². The number of anilines is 1. The molecule has 1 unspecified atom stereocenters. The quantitative estimate of drug-likeness (QED) is 0.520. The number of nitrogens with two attached hydrogens (primary N) is 1. The Morgan fingerprint density at radius 1 is 1.41 bits per heavy atom. The molecule has 1 amide bonds. The van der Waals surface area contributed by atoms with Crippen LogP contribution in [-0.4, -0.2) is 23.0 Å².